The van der Waals surface area contributed by atoms with E-state index in [1.165, 1.54) is 6.07 Å². The fourth-order valence-electron chi connectivity index (χ4n) is 2.81. The molecular weight excluding hydrogens is 308 g/mol. The van der Waals surface area contributed by atoms with Crippen LogP contribution in [0.15, 0.2) is 35.1 Å². The number of carbonyl (C=O) groups is 1. The Balaban J connectivity index is 1.80. The van der Waals surface area contributed by atoms with Crippen LogP contribution >= 0.6 is 0 Å². The lowest BCUT2D eigenvalue weighted by Crippen LogP contribution is -2.24. The number of aromatic nitrogens is 2. The highest BCUT2D eigenvalue weighted by Gasteiger charge is 2.24. The number of nitrogens with zero attached hydrogens (tertiary/aromatic N) is 2. The third-order valence-corrected chi connectivity index (χ3v) is 4.07. The molecule has 7 nitrogen and oxygen atoms in total. The van der Waals surface area contributed by atoms with Gasteiger partial charge in [0.1, 0.15) is 5.75 Å². The smallest absolute Gasteiger partial charge is 0.264 e. The summed E-state index contributed by atoms with van der Waals surface area (Å²) in [5, 5.41) is 9.76. The van der Waals surface area contributed by atoms with Crippen molar-refractivity contribution in [2.75, 3.05) is 23.9 Å². The molecule has 0 aliphatic carbocycles. The number of carbonyl (C=O) groups excluding carboxylic acids is 1. The maximum absolute atomic E-state index is 11.9. The number of rotatable bonds is 5. The highest BCUT2D eigenvalue weighted by Crippen LogP contribution is 2.34. The van der Waals surface area contributed by atoms with Gasteiger partial charge in [-0.25, -0.2) is 5.10 Å². The first-order chi connectivity index (χ1) is 11.6. The Morgan fingerprint density at radius 2 is 2.12 bits per heavy atom. The van der Waals surface area contributed by atoms with Gasteiger partial charge in [-0.2, -0.15) is 5.10 Å². The van der Waals surface area contributed by atoms with Crippen molar-refractivity contribution in [2.45, 2.75) is 25.8 Å². The molecule has 1 saturated heterocycles. The number of methoxy groups -OCH3 is 1. The molecule has 2 N–H and O–H groups in total. The molecule has 0 saturated carbocycles. The minimum atomic E-state index is -0.229. The molecule has 7 heteroatoms. The third kappa shape index (κ3) is 3.24. The first kappa shape index (κ1) is 16.0. The van der Waals surface area contributed by atoms with E-state index in [1.807, 2.05) is 25.1 Å². The van der Waals surface area contributed by atoms with Crippen LogP contribution in [-0.4, -0.2) is 29.8 Å². The van der Waals surface area contributed by atoms with E-state index in [-0.39, 0.29) is 17.5 Å². The summed E-state index contributed by atoms with van der Waals surface area (Å²) in [6.07, 6.45) is 1.45. The number of amides is 1. The summed E-state index contributed by atoms with van der Waals surface area (Å²) in [5.41, 5.74) is 2.14. The second kappa shape index (κ2) is 6.74. The zero-order valence-electron chi connectivity index (χ0n) is 13.7. The van der Waals surface area contributed by atoms with Gasteiger partial charge in [0.15, 0.2) is 0 Å². The number of hydrogen-bond acceptors (Lipinski definition) is 5. The normalized spacial score (nSPS) is 15.4. The molecular formula is C17H20N4O3. The Kier molecular flexibility index (Phi) is 4.50. The molecule has 1 aromatic carbocycles. The lowest BCUT2D eigenvalue weighted by Gasteiger charge is -2.21. The molecule has 24 heavy (non-hydrogen) atoms. The van der Waals surface area contributed by atoms with Crippen LogP contribution < -0.4 is 20.5 Å². The fourth-order valence-corrected chi connectivity index (χ4v) is 2.81. The Bertz CT molecular complexity index is 782. The van der Waals surface area contributed by atoms with Gasteiger partial charge in [-0.15, -0.1) is 0 Å². The van der Waals surface area contributed by atoms with Gasteiger partial charge < -0.3 is 15.0 Å². The van der Waals surface area contributed by atoms with Crippen LogP contribution in [0.5, 0.6) is 5.75 Å². The number of benzene rings is 1. The van der Waals surface area contributed by atoms with Gasteiger partial charge in [0.25, 0.3) is 5.56 Å². The summed E-state index contributed by atoms with van der Waals surface area (Å²) < 4.78 is 5.45. The van der Waals surface area contributed by atoms with Gasteiger partial charge in [-0.1, -0.05) is 0 Å². The van der Waals surface area contributed by atoms with Crippen LogP contribution in [0.1, 0.15) is 31.5 Å². The Hall–Kier alpha value is -2.83. The summed E-state index contributed by atoms with van der Waals surface area (Å²) in [5.74, 6) is 0.775. The summed E-state index contributed by atoms with van der Waals surface area (Å²) in [6, 6.07) is 8.70. The molecule has 0 radical (unpaired) electrons. The van der Waals surface area contributed by atoms with Gasteiger partial charge >= 0.3 is 0 Å². The first-order valence-electron chi connectivity index (χ1n) is 7.89. The van der Waals surface area contributed by atoms with Crippen LogP contribution in [0.4, 0.5) is 11.4 Å². The molecule has 1 atom stereocenters. The molecule has 3 rings (SSSR count). The highest BCUT2D eigenvalue weighted by molar-refractivity contribution is 5.97. The van der Waals surface area contributed by atoms with Crippen LogP contribution in [-0.2, 0) is 4.79 Å². The maximum Gasteiger partial charge on any atom is 0.264 e. The number of anilines is 2. The van der Waals surface area contributed by atoms with E-state index in [1.54, 1.807) is 18.1 Å². The number of nitrogens with one attached hydrogen (secondary N) is 2. The molecule has 1 aliphatic rings. The predicted octanol–water partition coefficient (Wildman–Crippen LogP) is 2.08. The van der Waals surface area contributed by atoms with E-state index in [2.05, 4.69) is 15.5 Å². The quantitative estimate of drug-likeness (QED) is 0.877. The Morgan fingerprint density at radius 3 is 2.75 bits per heavy atom. The predicted molar refractivity (Wildman–Crippen MR) is 91.5 cm³/mol. The largest absolute Gasteiger partial charge is 0.494 e. The second-order valence-corrected chi connectivity index (χ2v) is 5.75. The van der Waals surface area contributed by atoms with Crippen LogP contribution in [0, 0.1) is 0 Å². The average molecular weight is 328 g/mol. The van der Waals surface area contributed by atoms with E-state index in [0.29, 0.717) is 12.2 Å². The zero-order valence-corrected chi connectivity index (χ0v) is 13.7. The van der Waals surface area contributed by atoms with Crippen molar-refractivity contribution in [3.05, 3.63) is 46.4 Å². The van der Waals surface area contributed by atoms with Gasteiger partial charge in [0.05, 0.1) is 24.5 Å². The van der Waals surface area contributed by atoms with Crippen molar-refractivity contribution in [3.63, 3.8) is 0 Å². The standard InChI is InChI=1S/C17H20N4O3/c1-11(13-6-8-16(22)20-19-13)18-12-5-7-14(15(10-12)24-2)21-9-3-4-17(21)23/h5-8,10-11,18H,3-4,9H2,1-2H3,(H,20,22). The minimum absolute atomic E-state index is 0.0918. The van der Waals surface area contributed by atoms with Crippen molar-refractivity contribution in [2.24, 2.45) is 0 Å². The van der Waals surface area contributed by atoms with E-state index >= 15 is 0 Å². The maximum atomic E-state index is 11.9. The van der Waals surface area contributed by atoms with Crippen molar-refractivity contribution < 1.29 is 9.53 Å². The lowest BCUT2D eigenvalue weighted by atomic mass is 10.2. The van der Waals surface area contributed by atoms with Crippen LogP contribution in [0.3, 0.4) is 0 Å². The molecule has 1 amide bonds. The SMILES string of the molecule is COc1cc(NC(C)c2ccc(=O)[nH]n2)ccc1N1CCCC1=O. The molecule has 1 aromatic heterocycles. The average Bonchev–Trinajstić information content (AvgIpc) is 3.01. The third-order valence-electron chi connectivity index (χ3n) is 4.07. The van der Waals surface area contributed by atoms with Crippen molar-refractivity contribution in [3.8, 4) is 5.75 Å². The Morgan fingerprint density at radius 1 is 1.29 bits per heavy atom. The van der Waals surface area contributed by atoms with Crippen LogP contribution in [0.2, 0.25) is 0 Å². The van der Waals surface area contributed by atoms with E-state index in [4.69, 9.17) is 4.74 Å². The molecule has 2 heterocycles. The summed E-state index contributed by atoms with van der Waals surface area (Å²) in [4.78, 5) is 24.8. The molecule has 2 aromatic rings. The number of H-pyrrole nitrogens is 1. The molecule has 0 bridgehead atoms. The fraction of sp³-hybridized carbons (Fsp3) is 0.353. The number of aromatic amines is 1. The van der Waals surface area contributed by atoms with Gasteiger partial charge in [-0.3, -0.25) is 9.59 Å². The van der Waals surface area contributed by atoms with Gasteiger partial charge in [0.2, 0.25) is 5.91 Å². The van der Waals surface area contributed by atoms with Gasteiger partial charge in [-0.05, 0) is 31.5 Å². The van der Waals surface area contributed by atoms with Crippen molar-refractivity contribution in [1.29, 1.82) is 0 Å². The van der Waals surface area contributed by atoms with Crippen LogP contribution in [0.25, 0.3) is 0 Å². The topological polar surface area (TPSA) is 87.3 Å². The van der Waals surface area contributed by atoms with E-state index < -0.39 is 0 Å². The van der Waals surface area contributed by atoms with E-state index in [9.17, 15) is 9.59 Å². The summed E-state index contributed by atoms with van der Waals surface area (Å²) in [6.45, 7) is 2.67. The summed E-state index contributed by atoms with van der Waals surface area (Å²) in [7, 11) is 1.59. The van der Waals surface area contributed by atoms with Crippen molar-refractivity contribution >= 4 is 17.3 Å². The molecule has 0 spiro atoms. The zero-order chi connectivity index (χ0) is 17.1. The second-order valence-electron chi connectivity index (χ2n) is 5.75. The van der Waals surface area contributed by atoms with Gasteiger partial charge in [0, 0.05) is 30.8 Å². The molecule has 1 fully saturated rings. The Labute approximate surface area is 139 Å². The van der Waals surface area contributed by atoms with E-state index in [0.717, 1.165) is 30.0 Å². The molecule has 1 unspecified atom stereocenters. The first-order valence-corrected chi connectivity index (χ1v) is 7.89. The molecule has 126 valence electrons. The molecule has 1 aliphatic heterocycles. The lowest BCUT2D eigenvalue weighted by molar-refractivity contribution is -0.117. The monoisotopic (exact) mass is 328 g/mol. The minimum Gasteiger partial charge on any atom is -0.494 e. The van der Waals surface area contributed by atoms with Crippen molar-refractivity contribution in [1.82, 2.24) is 10.2 Å². The highest BCUT2D eigenvalue weighted by atomic mass is 16.5. The number of hydrogen-bond donors (Lipinski definition) is 2. The number of ether oxygens (including phenoxy) is 1. The summed E-state index contributed by atoms with van der Waals surface area (Å²) >= 11 is 0.